The highest BCUT2D eigenvalue weighted by atomic mass is 16.5. The van der Waals surface area contributed by atoms with Crippen LogP contribution in [-0.4, -0.2) is 62.6 Å². The van der Waals surface area contributed by atoms with Crippen LogP contribution in [0, 0.1) is 0 Å². The van der Waals surface area contributed by atoms with E-state index in [-0.39, 0.29) is 6.61 Å². The molecule has 2 aliphatic rings. The second-order valence-corrected chi connectivity index (χ2v) is 5.34. The average Bonchev–Trinajstić information content (AvgIpc) is 3.19. The van der Waals surface area contributed by atoms with Crippen LogP contribution in [0.3, 0.4) is 0 Å². The molecule has 1 aromatic rings. The molecule has 0 radical (unpaired) electrons. The molecule has 1 N–H and O–H groups in total. The predicted octanol–water partition coefficient (Wildman–Crippen LogP) is -0.0187. The first-order valence-electron chi connectivity index (χ1n) is 7.08. The molecule has 1 saturated heterocycles. The Morgan fingerprint density at radius 2 is 2.00 bits per heavy atom. The highest BCUT2D eigenvalue weighted by Gasteiger charge is 2.29. The quantitative estimate of drug-likeness (QED) is 0.780. The fourth-order valence-electron chi connectivity index (χ4n) is 2.57. The van der Waals surface area contributed by atoms with Gasteiger partial charge in [0.25, 0.3) is 0 Å². The van der Waals surface area contributed by atoms with Crippen LogP contribution < -0.4 is 0 Å². The Morgan fingerprint density at radius 3 is 2.68 bits per heavy atom. The first-order chi connectivity index (χ1) is 9.36. The number of aliphatic hydroxyl groups excluding tert-OH is 1. The Balaban J connectivity index is 1.47. The molecule has 0 atom stereocenters. The zero-order valence-electron chi connectivity index (χ0n) is 11.1. The molecule has 2 heterocycles. The van der Waals surface area contributed by atoms with Gasteiger partial charge < -0.3 is 9.84 Å². The summed E-state index contributed by atoms with van der Waals surface area (Å²) in [5.74, 6) is 0.984. The van der Waals surface area contributed by atoms with Crippen molar-refractivity contribution in [3.05, 3.63) is 5.82 Å². The van der Waals surface area contributed by atoms with Gasteiger partial charge in [-0.3, -0.25) is 4.90 Å². The number of piperidine rings is 1. The molecule has 106 valence electrons. The van der Waals surface area contributed by atoms with Gasteiger partial charge in [0, 0.05) is 13.1 Å². The summed E-state index contributed by atoms with van der Waals surface area (Å²) in [7, 11) is 0. The lowest BCUT2D eigenvalue weighted by molar-refractivity contribution is -0.00958. The van der Waals surface area contributed by atoms with Gasteiger partial charge in [0.1, 0.15) is 0 Å². The third-order valence-electron chi connectivity index (χ3n) is 3.80. The van der Waals surface area contributed by atoms with Crippen LogP contribution in [0.25, 0.3) is 0 Å². The minimum absolute atomic E-state index is 0.108. The summed E-state index contributed by atoms with van der Waals surface area (Å²) in [5, 5.41) is 20.7. The molecule has 0 spiro atoms. The molecule has 7 heteroatoms. The van der Waals surface area contributed by atoms with Gasteiger partial charge in [0.2, 0.25) is 0 Å². The van der Waals surface area contributed by atoms with E-state index in [4.69, 9.17) is 9.84 Å². The summed E-state index contributed by atoms with van der Waals surface area (Å²) in [6.45, 7) is 3.40. The molecule has 1 aromatic heterocycles. The van der Waals surface area contributed by atoms with E-state index in [2.05, 4.69) is 20.4 Å². The lowest BCUT2D eigenvalue weighted by Crippen LogP contribution is -2.37. The molecule has 1 saturated carbocycles. The molecular formula is C12H21N5O2. The molecule has 0 unspecified atom stereocenters. The number of rotatable bonds is 6. The molecule has 7 nitrogen and oxygen atoms in total. The number of tetrazole rings is 1. The molecule has 3 rings (SSSR count). The van der Waals surface area contributed by atoms with Gasteiger partial charge >= 0.3 is 0 Å². The first-order valence-corrected chi connectivity index (χ1v) is 7.08. The molecule has 0 aromatic carbocycles. The van der Waals surface area contributed by atoms with Crippen LogP contribution in [0.2, 0.25) is 0 Å². The molecule has 1 aliphatic carbocycles. The van der Waals surface area contributed by atoms with Gasteiger partial charge in [0.05, 0.1) is 31.9 Å². The summed E-state index contributed by atoms with van der Waals surface area (Å²) in [6, 6.07) is 0.537. The van der Waals surface area contributed by atoms with Gasteiger partial charge in [0.15, 0.2) is 5.82 Å². The number of nitrogens with zero attached hydrogens (tertiary/aromatic N) is 5. The van der Waals surface area contributed by atoms with Gasteiger partial charge in [-0.25, -0.2) is 4.68 Å². The minimum Gasteiger partial charge on any atom is -0.394 e. The minimum atomic E-state index is 0.108. The monoisotopic (exact) mass is 267 g/mol. The van der Waals surface area contributed by atoms with Crippen molar-refractivity contribution in [1.29, 1.82) is 0 Å². The van der Waals surface area contributed by atoms with Gasteiger partial charge in [-0.15, -0.1) is 5.10 Å². The Hall–Kier alpha value is -1.05. The van der Waals surface area contributed by atoms with Crippen LogP contribution in [0.15, 0.2) is 0 Å². The number of aromatic nitrogens is 4. The molecule has 0 bridgehead atoms. The highest BCUT2D eigenvalue weighted by Crippen LogP contribution is 2.34. The fourth-order valence-corrected chi connectivity index (χ4v) is 2.57. The Labute approximate surface area is 112 Å². The maximum Gasteiger partial charge on any atom is 0.165 e. The summed E-state index contributed by atoms with van der Waals surface area (Å²) >= 11 is 0. The van der Waals surface area contributed by atoms with Crippen LogP contribution >= 0.6 is 0 Å². The number of aliphatic hydroxyl groups is 1. The number of likely N-dealkylation sites (tertiary alicyclic amines) is 1. The second-order valence-electron chi connectivity index (χ2n) is 5.34. The zero-order chi connectivity index (χ0) is 13.1. The van der Waals surface area contributed by atoms with Crippen molar-refractivity contribution >= 4 is 0 Å². The normalized spacial score (nSPS) is 21.9. The van der Waals surface area contributed by atoms with E-state index in [9.17, 15) is 0 Å². The van der Waals surface area contributed by atoms with E-state index < -0.39 is 0 Å². The van der Waals surface area contributed by atoms with E-state index >= 15 is 0 Å². The van der Waals surface area contributed by atoms with E-state index in [0.29, 0.717) is 18.8 Å². The zero-order valence-corrected chi connectivity index (χ0v) is 11.1. The lowest BCUT2D eigenvalue weighted by atomic mass is 10.1. The average molecular weight is 267 g/mol. The number of hydrogen-bond acceptors (Lipinski definition) is 6. The molecule has 2 fully saturated rings. The molecular weight excluding hydrogens is 246 g/mol. The summed E-state index contributed by atoms with van der Waals surface area (Å²) in [5.41, 5.74) is 0. The van der Waals surface area contributed by atoms with Crippen molar-refractivity contribution in [3.8, 4) is 0 Å². The Morgan fingerprint density at radius 1 is 1.21 bits per heavy atom. The van der Waals surface area contributed by atoms with Crippen molar-refractivity contribution in [2.75, 3.05) is 26.3 Å². The summed E-state index contributed by atoms with van der Waals surface area (Å²) in [6.07, 6.45) is 4.74. The Bertz CT molecular complexity index is 399. The largest absolute Gasteiger partial charge is 0.394 e. The molecule has 19 heavy (non-hydrogen) atoms. The maximum absolute atomic E-state index is 8.75. The van der Waals surface area contributed by atoms with E-state index in [1.807, 2.05) is 4.68 Å². The Kier molecular flexibility index (Phi) is 4.05. The first kappa shape index (κ1) is 13.0. The smallest absolute Gasteiger partial charge is 0.165 e. The van der Waals surface area contributed by atoms with E-state index in [0.717, 1.165) is 38.3 Å². The van der Waals surface area contributed by atoms with Gasteiger partial charge in [-0.1, -0.05) is 0 Å². The summed E-state index contributed by atoms with van der Waals surface area (Å²) in [4.78, 5) is 2.38. The van der Waals surface area contributed by atoms with Crippen LogP contribution in [0.1, 0.15) is 37.5 Å². The lowest BCUT2D eigenvalue weighted by Gasteiger charge is -2.31. The van der Waals surface area contributed by atoms with Crippen molar-refractivity contribution < 1.29 is 9.84 Å². The third kappa shape index (κ3) is 3.29. The highest BCUT2D eigenvalue weighted by molar-refractivity contribution is 4.91. The SMILES string of the molecule is OCCOC1CCN(Cc2nnnn2C2CC2)CC1. The standard InChI is InChI=1S/C12H21N5O2/c18-7-8-19-11-3-5-16(6-4-11)9-12-13-14-15-17(12)10-1-2-10/h10-11,18H,1-9H2. The maximum atomic E-state index is 8.75. The fraction of sp³-hybridized carbons (Fsp3) is 0.917. The van der Waals surface area contributed by atoms with Crippen molar-refractivity contribution in [2.45, 2.75) is 44.4 Å². The predicted molar refractivity (Wildman–Crippen MR) is 67.4 cm³/mol. The van der Waals surface area contributed by atoms with Crippen molar-refractivity contribution in [3.63, 3.8) is 0 Å². The van der Waals surface area contributed by atoms with Crippen LogP contribution in [-0.2, 0) is 11.3 Å². The van der Waals surface area contributed by atoms with Crippen molar-refractivity contribution in [1.82, 2.24) is 25.1 Å². The topological polar surface area (TPSA) is 76.3 Å². The second kappa shape index (κ2) is 5.94. The van der Waals surface area contributed by atoms with Crippen LogP contribution in [0.4, 0.5) is 0 Å². The third-order valence-corrected chi connectivity index (χ3v) is 3.80. The van der Waals surface area contributed by atoms with Crippen molar-refractivity contribution in [2.24, 2.45) is 0 Å². The van der Waals surface area contributed by atoms with E-state index in [1.165, 1.54) is 12.8 Å². The molecule has 0 amide bonds. The summed E-state index contributed by atoms with van der Waals surface area (Å²) < 4.78 is 7.55. The molecule has 1 aliphatic heterocycles. The van der Waals surface area contributed by atoms with Crippen LogP contribution in [0.5, 0.6) is 0 Å². The van der Waals surface area contributed by atoms with Gasteiger partial charge in [-0.05, 0) is 36.1 Å². The van der Waals surface area contributed by atoms with E-state index in [1.54, 1.807) is 0 Å². The number of hydrogen-bond donors (Lipinski definition) is 1. The van der Waals surface area contributed by atoms with Gasteiger partial charge in [-0.2, -0.15) is 0 Å². The number of ether oxygens (including phenoxy) is 1.